The average Bonchev–Trinajstić information content (AvgIpc) is 3.94. The summed E-state index contributed by atoms with van der Waals surface area (Å²) in [5.41, 5.74) is 2.47. The molecule has 1 saturated carbocycles. The highest BCUT2D eigenvalue weighted by Crippen LogP contribution is 2.41. The lowest BCUT2D eigenvalue weighted by Crippen LogP contribution is -2.71. The molecule has 306 valence electrons. The Balaban J connectivity index is 0.990. The number of pyridine rings is 1. The second-order valence-corrected chi connectivity index (χ2v) is 16.2. The Bertz CT molecular complexity index is 2400. The first-order valence-electron chi connectivity index (χ1n) is 17.7. The Morgan fingerprint density at radius 3 is 2.38 bits per heavy atom. The minimum Gasteiger partial charge on any atom is -0.478 e. The number of fused-ring (bicyclic) bond motifs is 2. The SMILES string of the molecule is CC(C)(O/N=C(\C(=O)N[C@@H]1C(=O)N2C(C(=O)O)=C(COC(=O)N3CCN(c4cc5c(cc4F)c(=O)c(C(=O)O)cn5C4CC4)CC3)CS[C@H]12)c1csc(N)n1)C(=O)O. The van der Waals surface area contributed by atoms with Gasteiger partial charge in [-0.2, -0.15) is 0 Å². The van der Waals surface area contributed by atoms with Gasteiger partial charge in [0.25, 0.3) is 11.8 Å². The summed E-state index contributed by atoms with van der Waals surface area (Å²) >= 11 is 2.09. The molecule has 58 heavy (non-hydrogen) atoms. The number of hydrogen-bond acceptors (Lipinski definition) is 15. The number of rotatable bonds is 12. The molecule has 0 unspecified atom stereocenters. The Morgan fingerprint density at radius 1 is 1.07 bits per heavy atom. The van der Waals surface area contributed by atoms with Gasteiger partial charge in [0.2, 0.25) is 11.0 Å². The summed E-state index contributed by atoms with van der Waals surface area (Å²) in [7, 11) is 0. The van der Waals surface area contributed by atoms with E-state index >= 15 is 4.39 Å². The molecule has 20 nitrogen and oxygen atoms in total. The van der Waals surface area contributed by atoms with Crippen molar-refractivity contribution in [3.8, 4) is 0 Å². The summed E-state index contributed by atoms with van der Waals surface area (Å²) in [6, 6.07) is 1.35. The Morgan fingerprint density at radius 2 is 1.78 bits per heavy atom. The van der Waals surface area contributed by atoms with Gasteiger partial charge in [-0.15, -0.1) is 23.1 Å². The van der Waals surface area contributed by atoms with E-state index in [2.05, 4.69) is 15.5 Å². The summed E-state index contributed by atoms with van der Waals surface area (Å²) in [5, 5.41) is 35.8. The molecule has 2 aromatic heterocycles. The van der Waals surface area contributed by atoms with E-state index in [-0.39, 0.29) is 65.4 Å². The maximum absolute atomic E-state index is 15.4. The quantitative estimate of drug-likeness (QED) is 0.0982. The van der Waals surface area contributed by atoms with Crippen molar-refractivity contribution in [1.82, 2.24) is 24.7 Å². The van der Waals surface area contributed by atoms with Crippen molar-refractivity contribution in [2.75, 3.05) is 49.2 Å². The van der Waals surface area contributed by atoms with Gasteiger partial charge in [-0.1, -0.05) is 5.16 Å². The number of piperazine rings is 1. The molecule has 2 saturated heterocycles. The number of halogens is 1. The highest BCUT2D eigenvalue weighted by atomic mass is 32.2. The van der Waals surface area contributed by atoms with Gasteiger partial charge in [0.1, 0.15) is 40.8 Å². The Labute approximate surface area is 334 Å². The van der Waals surface area contributed by atoms with E-state index in [1.165, 1.54) is 36.4 Å². The number of thioether (sulfide) groups is 1. The molecule has 7 rings (SSSR count). The van der Waals surface area contributed by atoms with Crippen molar-refractivity contribution < 1.29 is 58.1 Å². The third-order valence-electron chi connectivity index (χ3n) is 9.92. The number of aromatic nitrogens is 2. The number of anilines is 2. The van der Waals surface area contributed by atoms with Crippen LogP contribution in [0.1, 0.15) is 48.8 Å². The van der Waals surface area contributed by atoms with Gasteiger partial charge in [0.05, 0.1) is 11.2 Å². The number of amides is 3. The number of nitrogens with one attached hydrogen (secondary N) is 1. The van der Waals surface area contributed by atoms with Gasteiger partial charge < -0.3 is 50.3 Å². The highest BCUT2D eigenvalue weighted by molar-refractivity contribution is 8.00. The number of benzene rings is 1. The van der Waals surface area contributed by atoms with Crippen molar-refractivity contribution in [1.29, 1.82) is 0 Å². The molecule has 3 aromatic rings. The fraction of sp³-hybridized carbons (Fsp3) is 0.400. The van der Waals surface area contributed by atoms with E-state index in [0.29, 0.717) is 5.52 Å². The topological polar surface area (TPSA) is 277 Å². The van der Waals surface area contributed by atoms with Crippen molar-refractivity contribution in [3.63, 3.8) is 0 Å². The molecule has 5 heterocycles. The lowest BCUT2D eigenvalue weighted by Gasteiger charge is -2.49. The molecular formula is C35H35FN8O12S2. The normalized spacial score (nSPS) is 19.7. The second kappa shape index (κ2) is 15.3. The summed E-state index contributed by atoms with van der Waals surface area (Å²) < 4.78 is 22.6. The standard InChI is InChI=1S/C35H35FN8O12S2/c1-35(2,32(52)53)56-40-23(20-14-58-33(37)38-20)27(46)39-24-28(47)44-25(31(50)51)15(13-57-29(24)44)12-55-34(54)42-7-5-41(6-8-42)22-10-21-17(9-19(22)36)26(45)18(30(48)49)11-43(21)16-3-4-16/h9-11,14,16,24,29H,3-8,12-13H2,1-2H3,(H2,37,38)(H,39,46)(H,48,49)(H,50,51)(H,52,53)/b40-23-/t24-,29-/m1/s1. The number of thiazole rings is 1. The first kappa shape index (κ1) is 40.0. The van der Waals surface area contributed by atoms with Crippen LogP contribution in [0.25, 0.3) is 10.9 Å². The summed E-state index contributed by atoms with van der Waals surface area (Å²) in [4.78, 5) is 101. The number of aromatic carboxylic acids is 1. The van der Waals surface area contributed by atoms with E-state index in [0.717, 1.165) is 46.9 Å². The van der Waals surface area contributed by atoms with E-state index in [1.54, 1.807) is 9.47 Å². The van der Waals surface area contributed by atoms with Crippen LogP contribution in [0.4, 0.5) is 20.0 Å². The monoisotopic (exact) mass is 842 g/mol. The molecular weight excluding hydrogens is 808 g/mol. The molecule has 0 bridgehead atoms. The zero-order valence-electron chi connectivity index (χ0n) is 30.7. The number of carboxylic acid groups (broad SMARTS) is 3. The van der Waals surface area contributed by atoms with Crippen LogP contribution in [0.3, 0.4) is 0 Å². The smallest absolute Gasteiger partial charge is 0.410 e. The first-order chi connectivity index (χ1) is 27.5. The number of carboxylic acids is 3. The van der Waals surface area contributed by atoms with Crippen LogP contribution in [0, 0.1) is 5.82 Å². The second-order valence-electron chi connectivity index (χ2n) is 14.2. The van der Waals surface area contributed by atoms with Gasteiger partial charge in [-0.05, 0) is 38.8 Å². The van der Waals surface area contributed by atoms with Crippen LogP contribution in [0.5, 0.6) is 0 Å². The molecule has 3 aliphatic heterocycles. The molecule has 1 aromatic carbocycles. The average molecular weight is 843 g/mol. The molecule has 0 spiro atoms. The maximum Gasteiger partial charge on any atom is 0.410 e. The van der Waals surface area contributed by atoms with Crippen molar-refractivity contribution >= 4 is 86.3 Å². The fourth-order valence-corrected chi connectivity index (χ4v) is 8.46. The van der Waals surface area contributed by atoms with Gasteiger partial charge in [0.15, 0.2) is 10.8 Å². The molecule has 3 amide bonds. The number of nitrogens with zero attached hydrogens (tertiary/aromatic N) is 6. The number of hydrogen-bond donors (Lipinski definition) is 5. The molecule has 2 atom stereocenters. The minimum absolute atomic E-state index is 0.00682. The van der Waals surface area contributed by atoms with Gasteiger partial charge in [-0.3, -0.25) is 19.3 Å². The predicted molar refractivity (Wildman–Crippen MR) is 204 cm³/mol. The third-order valence-corrected chi connectivity index (χ3v) is 11.9. The van der Waals surface area contributed by atoms with Gasteiger partial charge >= 0.3 is 24.0 Å². The molecule has 4 aliphatic rings. The van der Waals surface area contributed by atoms with Gasteiger partial charge in [-0.25, -0.2) is 28.6 Å². The predicted octanol–water partition coefficient (Wildman–Crippen LogP) is 1.49. The molecule has 6 N–H and O–H groups in total. The minimum atomic E-state index is -1.83. The number of ether oxygens (including phenoxy) is 1. The molecule has 1 aliphatic carbocycles. The number of oxime groups is 1. The summed E-state index contributed by atoms with van der Waals surface area (Å²) in [6.07, 6.45) is 2.10. The van der Waals surface area contributed by atoms with Gasteiger partial charge in [0, 0.05) is 60.5 Å². The highest BCUT2D eigenvalue weighted by Gasteiger charge is 2.54. The largest absolute Gasteiger partial charge is 0.478 e. The van der Waals surface area contributed by atoms with Crippen LogP contribution in [-0.2, 0) is 28.8 Å². The maximum atomic E-state index is 15.4. The van der Waals surface area contributed by atoms with Crippen LogP contribution in [0.2, 0.25) is 0 Å². The number of carbonyl (C=O) groups excluding carboxylic acids is 3. The van der Waals surface area contributed by atoms with E-state index in [4.69, 9.17) is 15.3 Å². The Hall–Kier alpha value is -6.23. The van der Waals surface area contributed by atoms with Crippen LogP contribution >= 0.6 is 23.1 Å². The third kappa shape index (κ3) is 7.48. The van der Waals surface area contributed by atoms with E-state index in [1.807, 2.05) is 0 Å². The summed E-state index contributed by atoms with van der Waals surface area (Å²) in [6.45, 7) is 2.52. The first-order valence-corrected chi connectivity index (χ1v) is 19.6. The fourth-order valence-electron chi connectivity index (χ4n) is 6.58. The number of nitrogen functional groups attached to an aromatic ring is 1. The number of β-lactam (4-membered cyclic amide) rings is 1. The van der Waals surface area contributed by atoms with Crippen LogP contribution < -0.4 is 21.4 Å². The van der Waals surface area contributed by atoms with E-state index < -0.39 is 87.7 Å². The number of carbonyl (C=O) groups is 6. The van der Waals surface area contributed by atoms with Crippen LogP contribution in [0.15, 0.2) is 44.9 Å². The zero-order valence-corrected chi connectivity index (χ0v) is 32.3. The van der Waals surface area contributed by atoms with Crippen LogP contribution in [-0.4, -0.2) is 132 Å². The Kier molecular flexibility index (Phi) is 10.5. The zero-order chi connectivity index (χ0) is 41.8. The number of aliphatic carboxylic acids is 2. The molecule has 23 heteroatoms. The van der Waals surface area contributed by atoms with Crippen molar-refractivity contribution in [2.24, 2.45) is 5.16 Å². The molecule has 0 radical (unpaired) electrons. The lowest BCUT2D eigenvalue weighted by molar-refractivity contribution is -0.161. The molecule has 3 fully saturated rings. The summed E-state index contributed by atoms with van der Waals surface area (Å²) in [5.74, 6) is -6.66. The van der Waals surface area contributed by atoms with Crippen molar-refractivity contribution in [2.45, 2.75) is 49.7 Å². The lowest BCUT2D eigenvalue weighted by atomic mass is 10.0. The van der Waals surface area contributed by atoms with E-state index in [9.17, 15) is 48.9 Å². The number of nitrogens with two attached hydrogens (primary N) is 1. The van der Waals surface area contributed by atoms with Crippen molar-refractivity contribution in [3.05, 3.63) is 62.3 Å².